The molecular weight excluding hydrogens is 258 g/mol. The smallest absolute Gasteiger partial charge is 0.123 e. The normalized spacial score (nSPS) is 27.0. The number of benzene rings is 1. The number of rotatable bonds is 5. The minimum atomic E-state index is 0.403. The Morgan fingerprint density at radius 2 is 1.95 bits per heavy atom. The van der Waals surface area contributed by atoms with Crippen LogP contribution < -0.4 is 10.1 Å². The van der Waals surface area contributed by atoms with Gasteiger partial charge in [0.15, 0.2) is 0 Å². The van der Waals surface area contributed by atoms with Gasteiger partial charge in [-0.25, -0.2) is 0 Å². The van der Waals surface area contributed by atoms with Crippen LogP contribution in [-0.4, -0.2) is 18.7 Å². The van der Waals surface area contributed by atoms with E-state index >= 15 is 0 Å². The first-order valence-electron chi connectivity index (χ1n) is 8.66. The van der Waals surface area contributed by atoms with E-state index in [4.69, 9.17) is 4.74 Å². The number of para-hydroxylation sites is 1. The number of nitrogens with one attached hydrogen (secondary N) is 1. The van der Waals surface area contributed by atoms with Crippen LogP contribution in [0.2, 0.25) is 0 Å². The predicted octanol–water partition coefficient (Wildman–Crippen LogP) is 4.50. The van der Waals surface area contributed by atoms with Gasteiger partial charge in [0.25, 0.3) is 0 Å². The quantitative estimate of drug-likeness (QED) is 0.861. The van der Waals surface area contributed by atoms with Gasteiger partial charge < -0.3 is 10.1 Å². The molecule has 2 unspecified atom stereocenters. The van der Waals surface area contributed by atoms with Crippen molar-refractivity contribution in [3.8, 4) is 5.75 Å². The molecule has 2 heteroatoms. The highest BCUT2D eigenvalue weighted by Gasteiger charge is 2.57. The zero-order valence-electron chi connectivity index (χ0n) is 13.7. The lowest BCUT2D eigenvalue weighted by atomic mass is 9.60. The molecule has 2 aliphatic carbocycles. The summed E-state index contributed by atoms with van der Waals surface area (Å²) in [5, 5.41) is 3.69. The highest BCUT2D eigenvalue weighted by Crippen LogP contribution is 2.55. The summed E-state index contributed by atoms with van der Waals surface area (Å²) in [7, 11) is 0. The Bertz CT molecular complexity index is 476. The van der Waals surface area contributed by atoms with Crippen LogP contribution in [0.4, 0.5) is 0 Å². The Morgan fingerprint density at radius 3 is 2.62 bits per heavy atom. The Morgan fingerprint density at radius 1 is 1.24 bits per heavy atom. The van der Waals surface area contributed by atoms with E-state index in [0.29, 0.717) is 23.5 Å². The van der Waals surface area contributed by atoms with Gasteiger partial charge in [-0.1, -0.05) is 51.8 Å². The van der Waals surface area contributed by atoms with Crippen molar-refractivity contribution >= 4 is 0 Å². The molecule has 116 valence electrons. The fourth-order valence-corrected chi connectivity index (χ4v) is 4.37. The molecule has 2 nitrogen and oxygen atoms in total. The van der Waals surface area contributed by atoms with Gasteiger partial charge in [-0.2, -0.15) is 0 Å². The predicted molar refractivity (Wildman–Crippen MR) is 87.9 cm³/mol. The summed E-state index contributed by atoms with van der Waals surface area (Å²) in [5.41, 5.74) is 1.75. The maximum atomic E-state index is 6.52. The standard InChI is InChI=1S/C19H29NO/c1-4-20-17-13-18(19(17)11-7-8-12-19)21-16-10-6-5-9-15(16)14(2)3/h5-6,9-10,14,17-18,20H,4,7-8,11-13H2,1-3H3. The van der Waals surface area contributed by atoms with Crippen LogP contribution in [0.25, 0.3) is 0 Å². The van der Waals surface area contributed by atoms with Gasteiger partial charge in [0.1, 0.15) is 11.9 Å². The molecule has 0 radical (unpaired) electrons. The molecule has 1 aromatic rings. The fourth-order valence-electron chi connectivity index (χ4n) is 4.37. The van der Waals surface area contributed by atoms with E-state index in [0.717, 1.165) is 12.3 Å². The molecule has 2 saturated carbocycles. The molecular formula is C19H29NO. The molecule has 0 saturated heterocycles. The SMILES string of the molecule is CCNC1CC(Oc2ccccc2C(C)C)C12CCCC2. The third-order valence-electron chi connectivity index (χ3n) is 5.58. The van der Waals surface area contributed by atoms with Gasteiger partial charge in [0.05, 0.1) is 0 Å². The second-order valence-electron chi connectivity index (χ2n) is 7.09. The van der Waals surface area contributed by atoms with E-state index in [1.165, 1.54) is 37.7 Å². The summed E-state index contributed by atoms with van der Waals surface area (Å²) >= 11 is 0. The topological polar surface area (TPSA) is 21.3 Å². The minimum absolute atomic E-state index is 0.403. The van der Waals surface area contributed by atoms with Crippen LogP contribution in [0.1, 0.15) is 64.4 Å². The van der Waals surface area contributed by atoms with E-state index in [9.17, 15) is 0 Å². The van der Waals surface area contributed by atoms with Gasteiger partial charge >= 0.3 is 0 Å². The van der Waals surface area contributed by atoms with Crippen molar-refractivity contribution in [3.63, 3.8) is 0 Å². The number of hydrogen-bond acceptors (Lipinski definition) is 2. The van der Waals surface area contributed by atoms with Crippen molar-refractivity contribution in [2.75, 3.05) is 6.54 Å². The molecule has 2 fully saturated rings. The van der Waals surface area contributed by atoms with Crippen LogP contribution in [0.15, 0.2) is 24.3 Å². The fraction of sp³-hybridized carbons (Fsp3) is 0.684. The second kappa shape index (κ2) is 6.00. The zero-order valence-corrected chi connectivity index (χ0v) is 13.7. The van der Waals surface area contributed by atoms with Gasteiger partial charge in [-0.15, -0.1) is 0 Å². The minimum Gasteiger partial charge on any atom is -0.489 e. The van der Waals surface area contributed by atoms with Crippen molar-refractivity contribution in [3.05, 3.63) is 29.8 Å². The molecule has 2 atom stereocenters. The summed E-state index contributed by atoms with van der Waals surface area (Å²) in [6.45, 7) is 7.78. The van der Waals surface area contributed by atoms with E-state index in [-0.39, 0.29) is 0 Å². The number of ether oxygens (including phenoxy) is 1. The average molecular weight is 287 g/mol. The summed E-state index contributed by atoms with van der Waals surface area (Å²) in [5.74, 6) is 1.63. The first-order chi connectivity index (χ1) is 10.2. The Kier molecular flexibility index (Phi) is 4.26. The monoisotopic (exact) mass is 287 g/mol. The molecule has 3 rings (SSSR count). The average Bonchev–Trinajstić information content (AvgIpc) is 2.99. The van der Waals surface area contributed by atoms with E-state index < -0.39 is 0 Å². The molecule has 0 heterocycles. The lowest BCUT2D eigenvalue weighted by Crippen LogP contribution is -2.63. The Hall–Kier alpha value is -1.02. The van der Waals surface area contributed by atoms with Crippen molar-refractivity contribution in [2.45, 2.75) is 70.9 Å². The van der Waals surface area contributed by atoms with Crippen LogP contribution in [0, 0.1) is 5.41 Å². The maximum Gasteiger partial charge on any atom is 0.123 e. The molecule has 0 amide bonds. The lowest BCUT2D eigenvalue weighted by Gasteiger charge is -2.54. The summed E-state index contributed by atoms with van der Waals surface area (Å²) in [6, 6.07) is 9.25. The molecule has 0 aliphatic heterocycles. The molecule has 1 spiro atoms. The first kappa shape index (κ1) is 14.9. The zero-order chi connectivity index (χ0) is 14.9. The molecule has 0 aromatic heterocycles. The van der Waals surface area contributed by atoms with Crippen molar-refractivity contribution in [1.29, 1.82) is 0 Å². The van der Waals surface area contributed by atoms with Gasteiger partial charge in [0, 0.05) is 17.9 Å². The Labute approximate surface area is 129 Å². The van der Waals surface area contributed by atoms with E-state index in [2.05, 4.69) is 50.4 Å². The van der Waals surface area contributed by atoms with Crippen molar-refractivity contribution in [1.82, 2.24) is 5.32 Å². The summed E-state index contributed by atoms with van der Waals surface area (Å²) in [6.07, 6.45) is 6.98. The van der Waals surface area contributed by atoms with Crippen molar-refractivity contribution < 1.29 is 4.74 Å². The van der Waals surface area contributed by atoms with Crippen LogP contribution in [-0.2, 0) is 0 Å². The maximum absolute atomic E-state index is 6.52. The molecule has 2 aliphatic rings. The Balaban J connectivity index is 1.77. The van der Waals surface area contributed by atoms with E-state index in [1.54, 1.807) is 0 Å². The van der Waals surface area contributed by atoms with Gasteiger partial charge in [-0.05, 0) is 36.9 Å². The first-order valence-corrected chi connectivity index (χ1v) is 8.66. The largest absolute Gasteiger partial charge is 0.489 e. The third-order valence-corrected chi connectivity index (χ3v) is 5.58. The molecule has 0 bridgehead atoms. The third kappa shape index (κ3) is 2.59. The van der Waals surface area contributed by atoms with Gasteiger partial charge in [-0.3, -0.25) is 0 Å². The van der Waals surface area contributed by atoms with Crippen molar-refractivity contribution in [2.24, 2.45) is 5.41 Å². The summed E-state index contributed by atoms with van der Waals surface area (Å²) in [4.78, 5) is 0. The molecule has 1 N–H and O–H groups in total. The van der Waals surface area contributed by atoms with Crippen LogP contribution in [0.3, 0.4) is 0 Å². The lowest BCUT2D eigenvalue weighted by molar-refractivity contribution is -0.0760. The van der Waals surface area contributed by atoms with Crippen LogP contribution >= 0.6 is 0 Å². The van der Waals surface area contributed by atoms with E-state index in [1.807, 2.05) is 0 Å². The molecule has 1 aromatic carbocycles. The summed E-state index contributed by atoms with van der Waals surface area (Å²) < 4.78 is 6.52. The van der Waals surface area contributed by atoms with Crippen LogP contribution in [0.5, 0.6) is 5.75 Å². The molecule has 21 heavy (non-hydrogen) atoms. The highest BCUT2D eigenvalue weighted by molar-refractivity contribution is 5.36. The number of hydrogen-bond donors (Lipinski definition) is 1. The van der Waals surface area contributed by atoms with Gasteiger partial charge in [0.2, 0.25) is 0 Å². The second-order valence-corrected chi connectivity index (χ2v) is 7.09. The highest BCUT2D eigenvalue weighted by atomic mass is 16.5.